The van der Waals surface area contributed by atoms with E-state index in [1.807, 2.05) is 6.26 Å². The van der Waals surface area contributed by atoms with Crippen LogP contribution in [-0.2, 0) is 43.4 Å². The number of ether oxygens (including phenoxy) is 1. The van der Waals surface area contributed by atoms with Crippen LogP contribution in [0.1, 0.15) is 26.7 Å². The summed E-state index contributed by atoms with van der Waals surface area (Å²) >= 11 is 2.99. The van der Waals surface area contributed by atoms with Crippen molar-refractivity contribution in [3.8, 4) is 0 Å². The number of hydrogen-bond donors (Lipinski definition) is 0. The monoisotopic (exact) mass is 570 g/mol. The summed E-state index contributed by atoms with van der Waals surface area (Å²) in [4.78, 5) is 0. The van der Waals surface area contributed by atoms with E-state index in [4.69, 9.17) is 4.74 Å². The fourth-order valence-electron chi connectivity index (χ4n) is 1.59. The summed E-state index contributed by atoms with van der Waals surface area (Å²) in [6.45, 7) is 5.00. The van der Waals surface area contributed by atoms with E-state index in [2.05, 4.69) is 34.8 Å². The van der Waals surface area contributed by atoms with Gasteiger partial charge in [-0.05, 0) is 0 Å². The molecule has 0 amide bonds. The quantitative estimate of drug-likeness (QED) is 0.353. The van der Waals surface area contributed by atoms with Crippen LogP contribution in [-0.4, -0.2) is 15.4 Å². The summed E-state index contributed by atoms with van der Waals surface area (Å²) in [6.07, 6.45) is 8.82. The Hall–Kier alpha value is 0.137. The molecule has 1 aliphatic rings. The van der Waals surface area contributed by atoms with Gasteiger partial charge in [0.25, 0.3) is 0 Å². The van der Waals surface area contributed by atoms with Crippen LogP contribution in [0.2, 0.25) is 0 Å². The van der Waals surface area contributed by atoms with Gasteiger partial charge in [0.15, 0.2) is 0 Å². The van der Waals surface area contributed by atoms with Crippen molar-refractivity contribution in [2.45, 2.75) is 26.7 Å². The van der Waals surface area contributed by atoms with Crippen LogP contribution in [0.4, 0.5) is 0 Å². The zero-order chi connectivity index (χ0) is 12.7. The average molecular weight is 570 g/mol. The van der Waals surface area contributed by atoms with Crippen molar-refractivity contribution < 1.29 is 43.4 Å². The molecular weight excluding hydrogens is 552 g/mol. The molecule has 3 heteroatoms. The Morgan fingerprint density at radius 3 is 2.41 bits per heavy atom. The fourth-order valence-corrected chi connectivity index (χ4v) is 3.20. The first-order valence-electron chi connectivity index (χ1n) is 5.72. The third-order valence-corrected chi connectivity index (χ3v) is 5.23. The van der Waals surface area contributed by atoms with Crippen LogP contribution >= 0.6 is 0 Å². The maximum atomic E-state index is 5.71. The van der Waals surface area contributed by atoms with Crippen LogP contribution in [0.5, 0.6) is 0 Å². The summed E-state index contributed by atoms with van der Waals surface area (Å²) in [5, 5.41) is 0. The third kappa shape index (κ3) is 5.10. The van der Waals surface area contributed by atoms with Gasteiger partial charge in [0.1, 0.15) is 0 Å². The van der Waals surface area contributed by atoms with Crippen LogP contribution in [0, 0.1) is 5.92 Å². The van der Waals surface area contributed by atoms with Crippen LogP contribution < -0.4 is 0 Å². The topological polar surface area (TPSA) is 9.23 Å². The average Bonchev–Trinajstić information content (AvgIpc) is 2.87. The van der Waals surface area contributed by atoms with Gasteiger partial charge in [0, 0.05) is 0 Å². The first-order valence-corrected chi connectivity index (χ1v) is 9.11. The molecule has 0 fully saturated rings. The molecule has 0 unspecified atom stereocenters. The van der Waals surface area contributed by atoms with Crippen LogP contribution in [0.3, 0.4) is 0 Å². The van der Waals surface area contributed by atoms with E-state index in [9.17, 15) is 0 Å². The molecule has 0 N–H and O–H groups in total. The number of allylic oxidation sites excluding steroid dienone is 4. The van der Waals surface area contributed by atoms with Crippen molar-refractivity contribution in [1.29, 1.82) is 0 Å². The maximum absolute atomic E-state index is 5.71. The molecule has 1 nitrogen and oxygen atoms in total. The first kappa shape index (κ1) is 15.2. The predicted octanol–water partition coefficient (Wildman–Crippen LogP) is 2.89. The molecule has 0 aromatic carbocycles. The predicted molar refractivity (Wildman–Crippen MR) is 66.4 cm³/mol. The zero-order valence-electron chi connectivity index (χ0n) is 10.3. The van der Waals surface area contributed by atoms with Gasteiger partial charge in [0.05, 0.1) is 0 Å². The first-order chi connectivity index (χ1) is 8.19. The molecule has 0 radical (unpaired) electrons. The summed E-state index contributed by atoms with van der Waals surface area (Å²) in [5.74, 6) is 0.653. The minimum atomic E-state index is 0.653. The van der Waals surface area contributed by atoms with Gasteiger partial charge in [-0.1, -0.05) is 0 Å². The standard InChI is InChI=1S/C14H18O.2W/c1-11(2)12(3)9-15-10-13(4)14-7-5-6-8-14;;/h1,4-6,10,14H,7-9H2,2-3H3;;/b12-11?,13-10-;;. The Morgan fingerprint density at radius 2 is 1.88 bits per heavy atom. The molecule has 0 aliphatic heterocycles. The van der Waals surface area contributed by atoms with Crippen molar-refractivity contribution in [3.05, 3.63) is 35.1 Å². The Morgan fingerprint density at radius 1 is 1.24 bits per heavy atom. The summed E-state index contributed by atoms with van der Waals surface area (Å²) in [7, 11) is 0. The van der Waals surface area contributed by atoms with E-state index < -0.39 is 0 Å². The number of hydrogen-bond acceptors (Lipinski definition) is 1. The molecule has 92 valence electrons. The second kappa shape index (κ2) is 8.28. The van der Waals surface area contributed by atoms with Gasteiger partial charge < -0.3 is 0 Å². The van der Waals surface area contributed by atoms with Crippen molar-refractivity contribution >= 4 is 8.80 Å². The summed E-state index contributed by atoms with van der Waals surface area (Å²) in [6, 6.07) is 0. The Kier molecular flexibility index (Phi) is 7.40. The Labute approximate surface area is 126 Å². The molecule has 0 saturated heterocycles. The van der Waals surface area contributed by atoms with Crippen molar-refractivity contribution in [2.24, 2.45) is 5.92 Å². The zero-order valence-corrected chi connectivity index (χ0v) is 16.2. The summed E-state index contributed by atoms with van der Waals surface area (Å²) in [5.41, 5.74) is 4.04. The molecule has 1 aliphatic carbocycles. The normalized spacial score (nSPS) is 17.9. The van der Waals surface area contributed by atoms with Gasteiger partial charge in [-0.2, -0.15) is 0 Å². The van der Waals surface area contributed by atoms with Crippen LogP contribution in [0.15, 0.2) is 35.1 Å². The van der Waals surface area contributed by atoms with E-state index in [1.165, 1.54) is 68.3 Å². The molecule has 1 rings (SSSR count). The minimum absolute atomic E-state index is 0.653. The molecule has 17 heavy (non-hydrogen) atoms. The molecule has 0 aromatic heterocycles. The van der Waals surface area contributed by atoms with Gasteiger partial charge in [-0.25, -0.2) is 0 Å². The van der Waals surface area contributed by atoms with E-state index in [0.29, 0.717) is 12.5 Å². The van der Waals surface area contributed by atoms with Crippen LogP contribution in [0.25, 0.3) is 0 Å². The SMILES string of the molecule is CC([CH]=[W])=C(C)CO/C=C(/[CH]=[W])C1CC=CC1. The molecule has 0 heterocycles. The molecule has 0 spiro atoms. The molecule has 0 aromatic rings. The van der Waals surface area contributed by atoms with Crippen molar-refractivity contribution in [1.82, 2.24) is 0 Å². The van der Waals surface area contributed by atoms with Gasteiger partial charge >= 0.3 is 127 Å². The second-order valence-electron chi connectivity index (χ2n) is 4.27. The molecule has 0 atom stereocenters. The van der Waals surface area contributed by atoms with Crippen molar-refractivity contribution in [2.75, 3.05) is 6.61 Å². The molecule has 0 saturated carbocycles. The van der Waals surface area contributed by atoms with E-state index in [0.717, 1.165) is 0 Å². The molecular formula is C14H18OW2. The van der Waals surface area contributed by atoms with Gasteiger partial charge in [-0.3, -0.25) is 0 Å². The third-order valence-electron chi connectivity index (χ3n) is 2.98. The van der Waals surface area contributed by atoms with Gasteiger partial charge in [0.2, 0.25) is 0 Å². The number of rotatable bonds is 6. The van der Waals surface area contributed by atoms with E-state index in [1.54, 1.807) is 0 Å². The Balaban J connectivity index is 2.51. The summed E-state index contributed by atoms with van der Waals surface area (Å²) < 4.78 is 10.2. The second-order valence-corrected chi connectivity index (χ2v) is 5.96. The van der Waals surface area contributed by atoms with E-state index >= 15 is 0 Å². The van der Waals surface area contributed by atoms with E-state index in [-0.39, 0.29) is 0 Å². The van der Waals surface area contributed by atoms with Crippen molar-refractivity contribution in [3.63, 3.8) is 0 Å². The molecule has 0 bridgehead atoms. The Bertz CT molecular complexity index is 370. The van der Waals surface area contributed by atoms with Gasteiger partial charge in [-0.15, -0.1) is 0 Å². The fraction of sp³-hybridized carbons (Fsp3) is 0.429.